The summed E-state index contributed by atoms with van der Waals surface area (Å²) in [5.41, 5.74) is 4.00. The van der Waals surface area contributed by atoms with Crippen LogP contribution in [0.5, 0.6) is 0 Å². The Hall–Kier alpha value is -3.35. The van der Waals surface area contributed by atoms with E-state index in [0.29, 0.717) is 25.5 Å². The highest BCUT2D eigenvalue weighted by molar-refractivity contribution is 5.79. The Balaban J connectivity index is 1.21. The van der Waals surface area contributed by atoms with Gasteiger partial charge in [0, 0.05) is 24.4 Å². The van der Waals surface area contributed by atoms with Gasteiger partial charge in [0.2, 0.25) is 5.91 Å². The van der Waals surface area contributed by atoms with Gasteiger partial charge in [-0.05, 0) is 67.2 Å². The summed E-state index contributed by atoms with van der Waals surface area (Å²) in [7, 11) is 0. The fourth-order valence-electron chi connectivity index (χ4n) is 5.54. The second kappa shape index (κ2) is 10.5. The highest BCUT2D eigenvalue weighted by Gasteiger charge is 2.31. The minimum atomic E-state index is -0.935. The molecule has 7 heteroatoms. The molecule has 0 radical (unpaired) electrons. The van der Waals surface area contributed by atoms with Crippen molar-refractivity contribution in [2.45, 2.75) is 57.4 Å². The number of hydrogen-bond donors (Lipinski definition) is 3. The predicted octanol–water partition coefficient (Wildman–Crippen LogP) is 4.70. The minimum absolute atomic E-state index is 0.0351. The zero-order valence-electron chi connectivity index (χ0n) is 20.4. The van der Waals surface area contributed by atoms with Crippen molar-refractivity contribution in [2.24, 2.45) is 11.8 Å². The number of hydrogen-bond acceptors (Lipinski definition) is 4. The molecule has 2 aliphatic carbocycles. The number of alkyl carbamates (subject to hydrolysis) is 1. The van der Waals surface area contributed by atoms with E-state index in [-0.39, 0.29) is 24.2 Å². The molecule has 1 fully saturated rings. The van der Waals surface area contributed by atoms with E-state index in [4.69, 9.17) is 9.84 Å². The highest BCUT2D eigenvalue weighted by atomic mass is 16.5. The van der Waals surface area contributed by atoms with E-state index in [2.05, 4.69) is 34.9 Å². The summed E-state index contributed by atoms with van der Waals surface area (Å²) in [6, 6.07) is 16.5. The van der Waals surface area contributed by atoms with E-state index in [1.165, 1.54) is 22.3 Å². The van der Waals surface area contributed by atoms with E-state index >= 15 is 0 Å². The first-order chi connectivity index (χ1) is 16.7. The van der Waals surface area contributed by atoms with Crippen LogP contribution in [0.1, 0.15) is 63.0 Å². The van der Waals surface area contributed by atoms with Crippen molar-refractivity contribution < 1.29 is 24.2 Å². The number of amides is 2. The number of carbonyl (C=O) groups is 3. The average Bonchev–Trinajstić information content (AvgIpc) is 3.37. The number of nitrogens with one attached hydrogen (secondary N) is 2. The first-order valence-electron chi connectivity index (χ1n) is 12.3. The van der Waals surface area contributed by atoms with Crippen LogP contribution in [0.25, 0.3) is 11.1 Å². The minimum Gasteiger partial charge on any atom is -0.481 e. The molecule has 0 saturated heterocycles. The van der Waals surface area contributed by atoms with Crippen molar-refractivity contribution in [1.82, 2.24) is 10.6 Å². The molecule has 2 aromatic carbocycles. The number of carbonyl (C=O) groups excluding carboxylic acids is 2. The molecule has 1 saturated carbocycles. The van der Waals surface area contributed by atoms with Crippen LogP contribution in [0, 0.1) is 11.8 Å². The SMILES string of the molecule is CC(C)(CC(=O)O)NC(=O)CC1CCC(CNC(=O)OCC2c3ccccc3-c3ccccc32)C1. The van der Waals surface area contributed by atoms with Gasteiger partial charge in [-0.25, -0.2) is 4.79 Å². The van der Waals surface area contributed by atoms with E-state index in [1.807, 2.05) is 24.3 Å². The van der Waals surface area contributed by atoms with Crippen molar-refractivity contribution in [3.63, 3.8) is 0 Å². The Morgan fingerprint density at radius 1 is 0.971 bits per heavy atom. The molecule has 0 aliphatic heterocycles. The molecule has 2 amide bonds. The van der Waals surface area contributed by atoms with Crippen LogP contribution in [0.3, 0.4) is 0 Å². The first-order valence-corrected chi connectivity index (χ1v) is 12.3. The molecule has 0 aromatic heterocycles. The molecule has 35 heavy (non-hydrogen) atoms. The van der Waals surface area contributed by atoms with Gasteiger partial charge in [-0.15, -0.1) is 0 Å². The summed E-state index contributed by atoms with van der Waals surface area (Å²) in [6.45, 7) is 4.25. The Morgan fingerprint density at radius 2 is 1.57 bits per heavy atom. The monoisotopic (exact) mass is 478 g/mol. The Bertz CT molecular complexity index is 1050. The number of ether oxygens (including phenoxy) is 1. The summed E-state index contributed by atoms with van der Waals surface area (Å²) in [6.07, 6.45) is 2.57. The van der Waals surface area contributed by atoms with Gasteiger partial charge < -0.3 is 20.5 Å². The zero-order valence-corrected chi connectivity index (χ0v) is 20.4. The van der Waals surface area contributed by atoms with Crippen molar-refractivity contribution in [2.75, 3.05) is 13.2 Å². The molecule has 2 unspecified atom stereocenters. The fourth-order valence-corrected chi connectivity index (χ4v) is 5.54. The summed E-state index contributed by atoms with van der Waals surface area (Å²) in [4.78, 5) is 35.7. The molecule has 4 rings (SSSR count). The topological polar surface area (TPSA) is 105 Å². The first kappa shape index (κ1) is 24.8. The second-order valence-electron chi connectivity index (χ2n) is 10.5. The van der Waals surface area contributed by atoms with Crippen molar-refractivity contribution in [3.8, 4) is 11.1 Å². The molecule has 0 heterocycles. The van der Waals surface area contributed by atoms with E-state index in [0.717, 1.165) is 19.3 Å². The molecule has 2 aromatic rings. The maximum Gasteiger partial charge on any atom is 0.407 e. The number of fused-ring (bicyclic) bond motifs is 3. The summed E-state index contributed by atoms with van der Waals surface area (Å²) in [5, 5.41) is 14.7. The van der Waals surface area contributed by atoms with Gasteiger partial charge in [0.25, 0.3) is 0 Å². The molecule has 0 bridgehead atoms. The summed E-state index contributed by atoms with van der Waals surface area (Å²) < 4.78 is 5.62. The highest BCUT2D eigenvalue weighted by Crippen LogP contribution is 2.44. The number of carboxylic acid groups (broad SMARTS) is 1. The maximum absolute atomic E-state index is 12.4. The van der Waals surface area contributed by atoms with E-state index < -0.39 is 17.6 Å². The van der Waals surface area contributed by atoms with Gasteiger partial charge in [-0.1, -0.05) is 48.5 Å². The van der Waals surface area contributed by atoms with E-state index in [1.54, 1.807) is 13.8 Å². The lowest BCUT2D eigenvalue weighted by Gasteiger charge is -2.25. The van der Waals surface area contributed by atoms with Crippen molar-refractivity contribution in [3.05, 3.63) is 59.7 Å². The Kier molecular flexibility index (Phi) is 7.43. The lowest BCUT2D eigenvalue weighted by atomic mass is 9.97. The lowest BCUT2D eigenvalue weighted by molar-refractivity contribution is -0.138. The van der Waals surface area contributed by atoms with Crippen LogP contribution in [0.4, 0.5) is 4.79 Å². The largest absolute Gasteiger partial charge is 0.481 e. The molecule has 186 valence electrons. The third-order valence-electron chi connectivity index (χ3n) is 7.07. The smallest absolute Gasteiger partial charge is 0.407 e. The molecule has 2 atom stereocenters. The van der Waals surface area contributed by atoms with Gasteiger partial charge >= 0.3 is 12.1 Å². The van der Waals surface area contributed by atoms with Gasteiger partial charge in [-0.3, -0.25) is 9.59 Å². The second-order valence-corrected chi connectivity index (χ2v) is 10.5. The Morgan fingerprint density at radius 3 is 2.20 bits per heavy atom. The third-order valence-corrected chi connectivity index (χ3v) is 7.07. The van der Waals surface area contributed by atoms with Crippen LogP contribution < -0.4 is 10.6 Å². The number of carboxylic acids is 1. The molecular weight excluding hydrogens is 444 g/mol. The van der Waals surface area contributed by atoms with Crippen LogP contribution >= 0.6 is 0 Å². The Labute approximate surface area is 206 Å². The van der Waals surface area contributed by atoms with Crippen molar-refractivity contribution in [1.29, 1.82) is 0 Å². The van der Waals surface area contributed by atoms with E-state index in [9.17, 15) is 14.4 Å². The van der Waals surface area contributed by atoms with Gasteiger partial charge in [0.15, 0.2) is 0 Å². The van der Waals surface area contributed by atoms with Crippen LogP contribution in [-0.4, -0.2) is 41.8 Å². The molecule has 3 N–H and O–H groups in total. The maximum atomic E-state index is 12.4. The van der Waals surface area contributed by atoms with Crippen LogP contribution in [0.15, 0.2) is 48.5 Å². The van der Waals surface area contributed by atoms with Gasteiger partial charge in [-0.2, -0.15) is 0 Å². The quantitative estimate of drug-likeness (QED) is 0.485. The number of benzene rings is 2. The van der Waals surface area contributed by atoms with Crippen molar-refractivity contribution >= 4 is 18.0 Å². The van der Waals surface area contributed by atoms with Crippen LogP contribution in [-0.2, 0) is 14.3 Å². The molecular formula is C28H34N2O5. The third kappa shape index (κ3) is 6.21. The normalized spacial score (nSPS) is 19.0. The van der Waals surface area contributed by atoms with Gasteiger partial charge in [0.05, 0.1) is 6.42 Å². The standard InChI is InChI=1S/C28H34N2O5/c1-28(2,15-26(32)33)30-25(31)14-18-11-12-19(13-18)16-29-27(34)35-17-24-22-9-5-3-7-20(22)21-8-4-6-10-23(21)24/h3-10,18-19,24H,11-17H2,1-2H3,(H,29,34)(H,30,31)(H,32,33). The number of aliphatic carboxylic acids is 1. The zero-order chi connectivity index (χ0) is 25.0. The number of rotatable bonds is 9. The van der Waals surface area contributed by atoms with Gasteiger partial charge in [0.1, 0.15) is 6.61 Å². The predicted molar refractivity (Wildman–Crippen MR) is 133 cm³/mol. The summed E-state index contributed by atoms with van der Waals surface area (Å²) in [5.74, 6) is -0.472. The lowest BCUT2D eigenvalue weighted by Crippen LogP contribution is -2.45. The average molecular weight is 479 g/mol. The summed E-state index contributed by atoms with van der Waals surface area (Å²) >= 11 is 0. The van der Waals surface area contributed by atoms with Crippen LogP contribution in [0.2, 0.25) is 0 Å². The molecule has 0 spiro atoms. The molecule has 2 aliphatic rings. The molecule has 7 nitrogen and oxygen atoms in total. The fraction of sp³-hybridized carbons (Fsp3) is 0.464.